The number of rotatable bonds is 4. The molecule has 0 unspecified atom stereocenters. The summed E-state index contributed by atoms with van der Waals surface area (Å²) in [6.07, 6.45) is -0.224. The topological polar surface area (TPSA) is 101 Å². The molecule has 0 radical (unpaired) electrons. The van der Waals surface area contributed by atoms with Crippen LogP contribution in [0.3, 0.4) is 0 Å². The fourth-order valence-corrected chi connectivity index (χ4v) is 0.402. The van der Waals surface area contributed by atoms with Crippen molar-refractivity contribution < 1.29 is 72.6 Å². The minimum absolute atomic E-state index is 0. The zero-order chi connectivity index (χ0) is 8.15. The Hall–Kier alpha value is 0.536. The van der Waals surface area contributed by atoms with Gasteiger partial charge in [-0.1, -0.05) is 0 Å². The van der Waals surface area contributed by atoms with Crippen LogP contribution in [0.2, 0.25) is 0 Å². The van der Waals surface area contributed by atoms with Crippen molar-refractivity contribution in [1.82, 2.24) is 0 Å². The van der Waals surface area contributed by atoms with E-state index in [1.807, 2.05) is 0 Å². The van der Waals surface area contributed by atoms with Crippen LogP contribution in [-0.4, -0.2) is 28.2 Å². The molecule has 0 saturated carbocycles. The number of carboxylic acid groups (broad SMARTS) is 2. The summed E-state index contributed by atoms with van der Waals surface area (Å²) in [6, 6.07) is -1.06. The zero-order valence-electron chi connectivity index (χ0n) is 7.28. The maximum absolute atomic E-state index is 9.99. The van der Waals surface area contributed by atoms with E-state index in [2.05, 4.69) is 0 Å². The first-order chi connectivity index (χ1) is 4.54. The van der Waals surface area contributed by atoms with Crippen molar-refractivity contribution in [2.45, 2.75) is 18.9 Å². The Balaban J connectivity index is -0.000000405. The smallest absolute Gasteiger partial charge is 1.00 e. The molecule has 6 heteroatoms. The van der Waals surface area contributed by atoms with Gasteiger partial charge in [-0.05, 0) is 6.42 Å². The first kappa shape index (κ1) is 14.1. The fraction of sp³-hybridized carbons (Fsp3) is 0.600. The van der Waals surface area contributed by atoms with E-state index in [1.54, 1.807) is 0 Å². The molecule has 0 rings (SSSR count). The van der Waals surface area contributed by atoms with Gasteiger partial charge in [0.25, 0.3) is 0 Å². The summed E-state index contributed by atoms with van der Waals surface area (Å²) in [5.41, 5.74) is 5.00. The molecule has 5 nitrogen and oxygen atoms in total. The second-order valence-electron chi connectivity index (χ2n) is 1.88. The van der Waals surface area contributed by atoms with E-state index in [0.29, 0.717) is 0 Å². The molecule has 60 valence electrons. The Kier molecular flexibility index (Phi) is 9.22. The van der Waals surface area contributed by atoms with Gasteiger partial charge in [0.05, 0.1) is 0 Å². The van der Waals surface area contributed by atoms with Crippen molar-refractivity contribution in [2.75, 3.05) is 0 Å². The molecule has 0 saturated heterocycles. The minimum atomic E-state index is -1.17. The molecule has 4 N–H and O–H groups in total. The average Bonchev–Trinajstić information content (AvgIpc) is 1.82. The van der Waals surface area contributed by atoms with Crippen LogP contribution < -0.4 is 57.1 Å². The van der Waals surface area contributed by atoms with Crippen molar-refractivity contribution in [3.05, 3.63) is 0 Å². The van der Waals surface area contributed by atoms with Crippen LogP contribution in [0.5, 0.6) is 0 Å². The van der Waals surface area contributed by atoms with Gasteiger partial charge < -0.3 is 17.4 Å². The quantitative estimate of drug-likeness (QED) is 0.394. The third-order valence-electron chi connectivity index (χ3n) is 0.986. The zero-order valence-corrected chi connectivity index (χ0v) is 9.40. The number of carbonyl (C=O) groups is 2. The van der Waals surface area contributed by atoms with Gasteiger partial charge in [-0.3, -0.25) is 9.59 Å². The van der Waals surface area contributed by atoms with E-state index >= 15 is 0 Å². The molecule has 11 heavy (non-hydrogen) atoms. The van der Waals surface area contributed by atoms with Gasteiger partial charge in [0, 0.05) is 6.42 Å². The predicted molar refractivity (Wildman–Crippen MR) is 33.6 cm³/mol. The van der Waals surface area contributed by atoms with E-state index in [1.165, 1.54) is 0 Å². The molecule has 0 aromatic heterocycles. The number of carboxylic acids is 2. The molecule has 0 aromatic rings. The fourth-order valence-electron chi connectivity index (χ4n) is 0.402. The maximum atomic E-state index is 9.99. The average molecular weight is 187 g/mol. The third-order valence-corrected chi connectivity index (χ3v) is 0.986. The van der Waals surface area contributed by atoms with Crippen LogP contribution in [0.25, 0.3) is 0 Å². The molecule has 0 aliphatic rings. The Labute approximate surface area is 108 Å². The van der Waals surface area contributed by atoms with Crippen molar-refractivity contribution in [1.29, 1.82) is 0 Å². The maximum Gasteiger partial charge on any atom is 1.00 e. The molecule has 0 bridgehead atoms. The summed E-state index contributed by atoms with van der Waals surface area (Å²) in [5.74, 6) is -2.20. The first-order valence-electron chi connectivity index (χ1n) is 2.74. The number of nitrogens with two attached hydrogens (primary N) is 1. The van der Waals surface area contributed by atoms with Crippen LogP contribution in [0.4, 0.5) is 0 Å². The Morgan fingerprint density at radius 2 is 1.91 bits per heavy atom. The standard InChI is InChI=1S/C5H9NO4.K.H/c6-3(5(9)10)1-2-4(7)8;;/h3H,1-2,6H2,(H,7,8)(H,9,10);;/q;+1;-1/t3-;;/m0../s1. The van der Waals surface area contributed by atoms with Gasteiger partial charge in [0.2, 0.25) is 0 Å². The van der Waals surface area contributed by atoms with E-state index < -0.39 is 18.0 Å². The SMILES string of the molecule is N[C@@H](CCC(=O)O)C(=O)O.[H-].[K+]. The van der Waals surface area contributed by atoms with Gasteiger partial charge in [-0.15, -0.1) is 0 Å². The van der Waals surface area contributed by atoms with Crippen molar-refractivity contribution >= 4 is 11.9 Å². The summed E-state index contributed by atoms with van der Waals surface area (Å²) in [4.78, 5) is 19.9. The van der Waals surface area contributed by atoms with Crippen LogP contribution in [0.15, 0.2) is 0 Å². The van der Waals surface area contributed by atoms with E-state index in [0.717, 1.165) is 0 Å². The second kappa shape index (κ2) is 7.20. The normalized spacial score (nSPS) is 11.4. The molecule has 0 aliphatic carbocycles. The Morgan fingerprint density at radius 1 is 1.45 bits per heavy atom. The van der Waals surface area contributed by atoms with Gasteiger partial charge in [0.1, 0.15) is 6.04 Å². The summed E-state index contributed by atoms with van der Waals surface area (Å²) >= 11 is 0. The molecular formula is C5H10KNO4. The minimum Gasteiger partial charge on any atom is -1.00 e. The van der Waals surface area contributed by atoms with Gasteiger partial charge in [0.15, 0.2) is 0 Å². The summed E-state index contributed by atoms with van der Waals surface area (Å²) < 4.78 is 0. The van der Waals surface area contributed by atoms with E-state index in [-0.39, 0.29) is 65.7 Å². The molecule has 1 atom stereocenters. The van der Waals surface area contributed by atoms with Gasteiger partial charge in [-0.25, -0.2) is 0 Å². The van der Waals surface area contributed by atoms with Gasteiger partial charge >= 0.3 is 63.3 Å². The summed E-state index contributed by atoms with van der Waals surface area (Å²) in [7, 11) is 0. The molecule has 0 spiro atoms. The van der Waals surface area contributed by atoms with E-state index in [9.17, 15) is 9.59 Å². The summed E-state index contributed by atoms with van der Waals surface area (Å²) in [6.45, 7) is 0. The monoisotopic (exact) mass is 187 g/mol. The van der Waals surface area contributed by atoms with Crippen LogP contribution >= 0.6 is 0 Å². The van der Waals surface area contributed by atoms with Crippen molar-refractivity contribution in [3.63, 3.8) is 0 Å². The number of hydrogen-bond acceptors (Lipinski definition) is 3. The van der Waals surface area contributed by atoms with Crippen LogP contribution in [-0.2, 0) is 9.59 Å². The second-order valence-corrected chi connectivity index (χ2v) is 1.88. The Bertz CT molecular complexity index is 154. The van der Waals surface area contributed by atoms with Crippen LogP contribution in [0, 0.1) is 0 Å². The van der Waals surface area contributed by atoms with Crippen molar-refractivity contribution in [3.8, 4) is 0 Å². The summed E-state index contributed by atoms with van der Waals surface area (Å²) in [5, 5.41) is 16.3. The molecule has 0 fully saturated rings. The third kappa shape index (κ3) is 8.44. The van der Waals surface area contributed by atoms with Gasteiger partial charge in [-0.2, -0.15) is 0 Å². The number of aliphatic carboxylic acids is 2. The predicted octanol–water partition coefficient (Wildman–Crippen LogP) is -3.62. The molecule has 0 aromatic carbocycles. The molecule has 0 aliphatic heterocycles. The largest absolute Gasteiger partial charge is 1.00 e. The van der Waals surface area contributed by atoms with E-state index in [4.69, 9.17) is 15.9 Å². The molecule has 0 amide bonds. The van der Waals surface area contributed by atoms with Crippen LogP contribution in [0.1, 0.15) is 14.3 Å². The first-order valence-corrected chi connectivity index (χ1v) is 2.74. The molecular weight excluding hydrogens is 177 g/mol. The Morgan fingerprint density at radius 3 is 2.18 bits per heavy atom. The number of hydrogen-bond donors (Lipinski definition) is 3. The molecule has 0 heterocycles. The van der Waals surface area contributed by atoms with Crippen molar-refractivity contribution in [2.24, 2.45) is 5.73 Å².